The summed E-state index contributed by atoms with van der Waals surface area (Å²) in [6.07, 6.45) is 5.93. The smallest absolute Gasteiger partial charge is 0.236 e. The summed E-state index contributed by atoms with van der Waals surface area (Å²) in [6, 6.07) is -0.330. The quantitative estimate of drug-likeness (QED) is 0.744. The fourth-order valence-electron chi connectivity index (χ4n) is 2.24. The van der Waals surface area contributed by atoms with Crippen molar-refractivity contribution in [1.29, 1.82) is 0 Å². The summed E-state index contributed by atoms with van der Waals surface area (Å²) in [6.45, 7) is 5.04. The molecule has 15 heavy (non-hydrogen) atoms. The van der Waals surface area contributed by atoms with Gasteiger partial charge in [-0.25, -0.2) is 0 Å². The van der Waals surface area contributed by atoms with Gasteiger partial charge < -0.3 is 11.1 Å². The average molecular weight is 212 g/mol. The van der Waals surface area contributed by atoms with Crippen LogP contribution in [0.25, 0.3) is 0 Å². The van der Waals surface area contributed by atoms with Crippen molar-refractivity contribution in [1.82, 2.24) is 5.32 Å². The van der Waals surface area contributed by atoms with Gasteiger partial charge in [-0.2, -0.15) is 0 Å². The molecule has 0 saturated heterocycles. The van der Waals surface area contributed by atoms with E-state index >= 15 is 0 Å². The van der Waals surface area contributed by atoms with E-state index in [1.165, 1.54) is 25.7 Å². The molecule has 3 heteroatoms. The Balaban J connectivity index is 2.26. The Hall–Kier alpha value is -0.570. The van der Waals surface area contributed by atoms with Crippen LogP contribution < -0.4 is 11.1 Å². The van der Waals surface area contributed by atoms with Crippen LogP contribution in [0, 0.1) is 11.8 Å². The van der Waals surface area contributed by atoms with E-state index in [1.54, 1.807) is 0 Å². The molecule has 0 aromatic carbocycles. The molecule has 0 aliphatic heterocycles. The maximum absolute atomic E-state index is 11.5. The van der Waals surface area contributed by atoms with Crippen molar-refractivity contribution in [2.45, 2.75) is 52.0 Å². The second-order valence-electron chi connectivity index (χ2n) is 4.78. The monoisotopic (exact) mass is 212 g/mol. The summed E-state index contributed by atoms with van der Waals surface area (Å²) >= 11 is 0. The fraction of sp³-hybridized carbons (Fsp3) is 0.917. The fourth-order valence-corrected chi connectivity index (χ4v) is 2.24. The molecule has 2 unspecified atom stereocenters. The standard InChI is InChI=1S/C12H24N2O/c1-3-11(13)12(15)14-8-10-7-5-4-6-9(10)2/h9-11H,3-8,13H2,1-2H3,(H,14,15)/t9?,10?,11-/m0/s1. The van der Waals surface area contributed by atoms with Crippen LogP contribution in [-0.4, -0.2) is 18.5 Å². The summed E-state index contributed by atoms with van der Waals surface area (Å²) in [4.78, 5) is 11.5. The van der Waals surface area contributed by atoms with E-state index in [-0.39, 0.29) is 11.9 Å². The highest BCUT2D eigenvalue weighted by Gasteiger charge is 2.22. The van der Waals surface area contributed by atoms with Crippen LogP contribution in [0.2, 0.25) is 0 Å². The van der Waals surface area contributed by atoms with Crippen molar-refractivity contribution in [2.75, 3.05) is 6.54 Å². The first kappa shape index (κ1) is 12.5. The zero-order valence-electron chi connectivity index (χ0n) is 9.96. The lowest BCUT2D eigenvalue weighted by Gasteiger charge is -2.29. The first-order valence-corrected chi connectivity index (χ1v) is 6.18. The van der Waals surface area contributed by atoms with Crippen molar-refractivity contribution in [3.63, 3.8) is 0 Å². The van der Waals surface area contributed by atoms with Gasteiger partial charge in [-0.15, -0.1) is 0 Å². The van der Waals surface area contributed by atoms with E-state index in [2.05, 4.69) is 12.2 Å². The molecule has 1 saturated carbocycles. The molecule has 0 bridgehead atoms. The minimum absolute atomic E-state index is 0.00951. The number of hydrogen-bond donors (Lipinski definition) is 2. The third-order valence-electron chi connectivity index (χ3n) is 3.60. The van der Waals surface area contributed by atoms with Crippen LogP contribution in [0.3, 0.4) is 0 Å². The van der Waals surface area contributed by atoms with Gasteiger partial charge in [0.05, 0.1) is 6.04 Å². The maximum Gasteiger partial charge on any atom is 0.236 e. The van der Waals surface area contributed by atoms with Crippen LogP contribution in [-0.2, 0) is 4.79 Å². The molecule has 3 N–H and O–H groups in total. The summed E-state index contributed by atoms with van der Waals surface area (Å²) in [7, 11) is 0. The lowest BCUT2D eigenvalue weighted by molar-refractivity contribution is -0.122. The Morgan fingerprint density at radius 2 is 2.13 bits per heavy atom. The Labute approximate surface area is 92.8 Å². The Kier molecular flexibility index (Phi) is 5.09. The minimum Gasteiger partial charge on any atom is -0.354 e. The normalized spacial score (nSPS) is 28.5. The van der Waals surface area contributed by atoms with Gasteiger partial charge in [-0.1, -0.05) is 33.1 Å². The molecule has 1 aliphatic rings. The van der Waals surface area contributed by atoms with Gasteiger partial charge in [0.1, 0.15) is 0 Å². The number of carbonyl (C=O) groups excluding carboxylic acids is 1. The van der Waals surface area contributed by atoms with E-state index in [9.17, 15) is 4.79 Å². The minimum atomic E-state index is -0.330. The van der Waals surface area contributed by atoms with E-state index in [0.717, 1.165) is 12.5 Å². The zero-order valence-corrected chi connectivity index (χ0v) is 9.96. The van der Waals surface area contributed by atoms with E-state index in [0.29, 0.717) is 12.3 Å². The third-order valence-corrected chi connectivity index (χ3v) is 3.60. The predicted molar refractivity (Wildman–Crippen MR) is 62.4 cm³/mol. The molecule has 3 atom stereocenters. The van der Waals surface area contributed by atoms with Gasteiger partial charge in [0.2, 0.25) is 5.91 Å². The molecule has 0 spiro atoms. The summed E-state index contributed by atoms with van der Waals surface area (Å²) in [5.74, 6) is 1.42. The molecule has 0 heterocycles. The molecular weight excluding hydrogens is 188 g/mol. The highest BCUT2D eigenvalue weighted by Crippen LogP contribution is 2.28. The van der Waals surface area contributed by atoms with Gasteiger partial charge in [-0.05, 0) is 24.7 Å². The molecule has 0 radical (unpaired) electrons. The zero-order chi connectivity index (χ0) is 11.3. The number of rotatable bonds is 4. The van der Waals surface area contributed by atoms with E-state index in [1.807, 2.05) is 6.92 Å². The average Bonchev–Trinajstić information content (AvgIpc) is 2.26. The van der Waals surface area contributed by atoms with Crippen LogP contribution in [0.1, 0.15) is 46.0 Å². The summed E-state index contributed by atoms with van der Waals surface area (Å²) < 4.78 is 0. The van der Waals surface area contributed by atoms with Gasteiger partial charge in [0, 0.05) is 6.54 Å². The largest absolute Gasteiger partial charge is 0.354 e. The van der Waals surface area contributed by atoms with Crippen molar-refractivity contribution in [3.8, 4) is 0 Å². The summed E-state index contributed by atoms with van der Waals surface area (Å²) in [5, 5.41) is 2.97. The van der Waals surface area contributed by atoms with Gasteiger partial charge in [0.25, 0.3) is 0 Å². The van der Waals surface area contributed by atoms with E-state index < -0.39 is 0 Å². The molecule has 3 nitrogen and oxygen atoms in total. The molecule has 1 aliphatic carbocycles. The van der Waals surface area contributed by atoms with Crippen LogP contribution in [0.4, 0.5) is 0 Å². The molecular formula is C12H24N2O. The molecule has 0 aromatic rings. The van der Waals surface area contributed by atoms with Gasteiger partial charge in [0.15, 0.2) is 0 Å². The second-order valence-corrected chi connectivity index (χ2v) is 4.78. The van der Waals surface area contributed by atoms with Gasteiger partial charge in [-0.3, -0.25) is 4.79 Å². The topological polar surface area (TPSA) is 55.1 Å². The number of nitrogens with one attached hydrogen (secondary N) is 1. The van der Waals surface area contributed by atoms with Crippen molar-refractivity contribution < 1.29 is 4.79 Å². The third kappa shape index (κ3) is 3.82. The SMILES string of the molecule is CC[C@H](N)C(=O)NCC1CCCCC1C. The van der Waals surface area contributed by atoms with Crippen LogP contribution >= 0.6 is 0 Å². The number of nitrogens with two attached hydrogens (primary N) is 1. The summed E-state index contributed by atoms with van der Waals surface area (Å²) in [5.41, 5.74) is 5.65. The number of carbonyl (C=O) groups is 1. The second kappa shape index (κ2) is 6.11. The Morgan fingerprint density at radius 1 is 1.47 bits per heavy atom. The number of hydrogen-bond acceptors (Lipinski definition) is 2. The Morgan fingerprint density at radius 3 is 2.73 bits per heavy atom. The lowest BCUT2D eigenvalue weighted by Crippen LogP contribution is -2.43. The van der Waals surface area contributed by atoms with Gasteiger partial charge >= 0.3 is 0 Å². The molecule has 1 amide bonds. The van der Waals surface area contributed by atoms with Crippen molar-refractivity contribution in [2.24, 2.45) is 17.6 Å². The van der Waals surface area contributed by atoms with E-state index in [4.69, 9.17) is 5.73 Å². The number of amides is 1. The highest BCUT2D eigenvalue weighted by atomic mass is 16.2. The predicted octanol–water partition coefficient (Wildman–Crippen LogP) is 1.67. The molecule has 1 rings (SSSR count). The van der Waals surface area contributed by atoms with Crippen LogP contribution in [0.5, 0.6) is 0 Å². The maximum atomic E-state index is 11.5. The highest BCUT2D eigenvalue weighted by molar-refractivity contribution is 5.81. The lowest BCUT2D eigenvalue weighted by atomic mass is 9.80. The van der Waals surface area contributed by atoms with Crippen molar-refractivity contribution in [3.05, 3.63) is 0 Å². The van der Waals surface area contributed by atoms with Crippen molar-refractivity contribution >= 4 is 5.91 Å². The first-order chi connectivity index (χ1) is 7.15. The molecule has 1 fully saturated rings. The van der Waals surface area contributed by atoms with Crippen LogP contribution in [0.15, 0.2) is 0 Å². The first-order valence-electron chi connectivity index (χ1n) is 6.18. The molecule has 88 valence electrons. The Bertz CT molecular complexity index is 206. The molecule has 0 aromatic heterocycles.